The van der Waals surface area contributed by atoms with Gasteiger partial charge in [-0.05, 0) is 31.0 Å². The molecule has 1 aromatic heterocycles. The molecule has 0 amide bonds. The summed E-state index contributed by atoms with van der Waals surface area (Å²) in [6, 6.07) is 8.48. The lowest BCUT2D eigenvalue weighted by atomic mass is 10.0. The van der Waals surface area contributed by atoms with Crippen molar-refractivity contribution in [3.63, 3.8) is 0 Å². The second-order valence-corrected chi connectivity index (χ2v) is 4.64. The number of rotatable bonds is 5. The van der Waals surface area contributed by atoms with Gasteiger partial charge in [-0.25, -0.2) is 0 Å². The molecule has 96 valence electrons. The number of anilines is 1. The third-order valence-electron chi connectivity index (χ3n) is 3.36. The van der Waals surface area contributed by atoms with Gasteiger partial charge in [0.1, 0.15) is 0 Å². The molecule has 2 unspecified atom stereocenters. The number of hydrogen-bond donors (Lipinski definition) is 1. The molecule has 0 saturated carbocycles. The molecule has 0 aliphatic heterocycles. The predicted octanol–water partition coefficient (Wildman–Crippen LogP) is 3.58. The standard InChI is InChI=1S/C14H19N3O/c1-4-10(2)11(3)16-13-7-5-6-12(8-13)14-17-15-9-18-14/h5-11,16H,4H2,1-3H3. The third kappa shape index (κ3) is 2.88. The van der Waals surface area contributed by atoms with Gasteiger partial charge < -0.3 is 9.73 Å². The summed E-state index contributed by atoms with van der Waals surface area (Å²) in [5, 5.41) is 11.1. The van der Waals surface area contributed by atoms with Crippen LogP contribution in [0.5, 0.6) is 0 Å². The van der Waals surface area contributed by atoms with Crippen molar-refractivity contribution in [3.8, 4) is 11.5 Å². The van der Waals surface area contributed by atoms with E-state index in [0.717, 1.165) is 17.7 Å². The van der Waals surface area contributed by atoms with E-state index in [0.29, 0.717) is 17.9 Å². The summed E-state index contributed by atoms with van der Waals surface area (Å²) in [4.78, 5) is 0. The first-order chi connectivity index (χ1) is 8.70. The second-order valence-electron chi connectivity index (χ2n) is 4.64. The van der Waals surface area contributed by atoms with Crippen LogP contribution >= 0.6 is 0 Å². The fourth-order valence-electron chi connectivity index (χ4n) is 1.80. The molecule has 1 aromatic carbocycles. The minimum atomic E-state index is 0.438. The number of nitrogens with zero attached hydrogens (tertiary/aromatic N) is 2. The van der Waals surface area contributed by atoms with Crippen molar-refractivity contribution in [1.82, 2.24) is 10.2 Å². The zero-order valence-electron chi connectivity index (χ0n) is 11.1. The molecular weight excluding hydrogens is 226 g/mol. The lowest BCUT2D eigenvalue weighted by Crippen LogP contribution is -2.23. The topological polar surface area (TPSA) is 51.0 Å². The van der Waals surface area contributed by atoms with Crippen LogP contribution in [-0.2, 0) is 0 Å². The average molecular weight is 245 g/mol. The minimum absolute atomic E-state index is 0.438. The van der Waals surface area contributed by atoms with E-state index in [-0.39, 0.29) is 0 Å². The summed E-state index contributed by atoms with van der Waals surface area (Å²) in [6.07, 6.45) is 2.51. The van der Waals surface area contributed by atoms with Gasteiger partial charge in [-0.1, -0.05) is 26.3 Å². The number of nitrogens with one attached hydrogen (secondary N) is 1. The average Bonchev–Trinajstić information content (AvgIpc) is 2.92. The first-order valence-electron chi connectivity index (χ1n) is 6.34. The Kier molecular flexibility index (Phi) is 3.97. The Morgan fingerprint density at radius 2 is 2.17 bits per heavy atom. The highest BCUT2D eigenvalue weighted by molar-refractivity contribution is 5.61. The van der Waals surface area contributed by atoms with Gasteiger partial charge in [-0.15, -0.1) is 10.2 Å². The minimum Gasteiger partial charge on any atom is -0.423 e. The number of aromatic nitrogens is 2. The molecule has 0 radical (unpaired) electrons. The van der Waals surface area contributed by atoms with E-state index >= 15 is 0 Å². The summed E-state index contributed by atoms with van der Waals surface area (Å²) in [7, 11) is 0. The summed E-state index contributed by atoms with van der Waals surface area (Å²) < 4.78 is 5.20. The van der Waals surface area contributed by atoms with Crippen molar-refractivity contribution in [2.45, 2.75) is 33.2 Å². The van der Waals surface area contributed by atoms with E-state index in [1.807, 2.05) is 18.2 Å². The van der Waals surface area contributed by atoms with Gasteiger partial charge in [0.2, 0.25) is 12.3 Å². The molecule has 0 aliphatic carbocycles. The van der Waals surface area contributed by atoms with Crippen LogP contribution in [0, 0.1) is 5.92 Å². The van der Waals surface area contributed by atoms with Crippen LogP contribution in [0.1, 0.15) is 27.2 Å². The van der Waals surface area contributed by atoms with Gasteiger partial charge in [0, 0.05) is 17.3 Å². The van der Waals surface area contributed by atoms with E-state index in [1.165, 1.54) is 6.39 Å². The largest absolute Gasteiger partial charge is 0.423 e. The maximum Gasteiger partial charge on any atom is 0.247 e. The van der Waals surface area contributed by atoms with E-state index < -0.39 is 0 Å². The normalized spacial score (nSPS) is 14.2. The highest BCUT2D eigenvalue weighted by atomic mass is 16.4. The Morgan fingerprint density at radius 1 is 1.33 bits per heavy atom. The van der Waals surface area contributed by atoms with Crippen molar-refractivity contribution in [2.75, 3.05) is 5.32 Å². The molecule has 4 nitrogen and oxygen atoms in total. The molecular formula is C14H19N3O. The molecule has 0 saturated heterocycles. The summed E-state index contributed by atoms with van der Waals surface area (Å²) in [6.45, 7) is 6.66. The van der Waals surface area contributed by atoms with Crippen molar-refractivity contribution in [3.05, 3.63) is 30.7 Å². The molecule has 2 rings (SSSR count). The maximum absolute atomic E-state index is 5.20. The molecule has 0 spiro atoms. The van der Waals surface area contributed by atoms with E-state index in [4.69, 9.17) is 4.42 Å². The van der Waals surface area contributed by atoms with E-state index in [1.54, 1.807) is 0 Å². The van der Waals surface area contributed by atoms with Crippen LogP contribution in [0.4, 0.5) is 5.69 Å². The molecule has 4 heteroatoms. The van der Waals surface area contributed by atoms with E-state index in [9.17, 15) is 0 Å². The number of hydrogen-bond acceptors (Lipinski definition) is 4. The zero-order chi connectivity index (χ0) is 13.0. The molecule has 2 aromatic rings. The van der Waals surface area contributed by atoms with Crippen LogP contribution in [0.2, 0.25) is 0 Å². The quantitative estimate of drug-likeness (QED) is 0.874. The lowest BCUT2D eigenvalue weighted by Gasteiger charge is -2.21. The van der Waals surface area contributed by atoms with Gasteiger partial charge in [0.15, 0.2) is 0 Å². The zero-order valence-corrected chi connectivity index (χ0v) is 11.1. The maximum atomic E-state index is 5.20. The Balaban J connectivity index is 2.13. The molecule has 0 bridgehead atoms. The summed E-state index contributed by atoms with van der Waals surface area (Å²) in [5.41, 5.74) is 2.02. The molecule has 1 N–H and O–H groups in total. The highest BCUT2D eigenvalue weighted by Gasteiger charge is 2.10. The Hall–Kier alpha value is -1.84. The van der Waals surface area contributed by atoms with Crippen LogP contribution < -0.4 is 5.32 Å². The van der Waals surface area contributed by atoms with Crippen molar-refractivity contribution in [1.29, 1.82) is 0 Å². The Bertz CT molecular complexity index is 482. The first-order valence-corrected chi connectivity index (χ1v) is 6.34. The smallest absolute Gasteiger partial charge is 0.247 e. The monoisotopic (exact) mass is 245 g/mol. The van der Waals surface area contributed by atoms with Crippen LogP contribution in [0.3, 0.4) is 0 Å². The SMILES string of the molecule is CCC(C)C(C)Nc1cccc(-c2nnco2)c1. The van der Waals surface area contributed by atoms with Crippen LogP contribution in [-0.4, -0.2) is 16.2 Å². The van der Waals surface area contributed by atoms with Crippen molar-refractivity contribution in [2.24, 2.45) is 5.92 Å². The molecule has 1 heterocycles. The summed E-state index contributed by atoms with van der Waals surface area (Å²) in [5.74, 6) is 1.19. The third-order valence-corrected chi connectivity index (χ3v) is 3.36. The van der Waals surface area contributed by atoms with Crippen molar-refractivity contribution < 1.29 is 4.42 Å². The molecule has 18 heavy (non-hydrogen) atoms. The fourth-order valence-corrected chi connectivity index (χ4v) is 1.80. The fraction of sp³-hybridized carbons (Fsp3) is 0.429. The second kappa shape index (κ2) is 5.67. The number of benzene rings is 1. The Morgan fingerprint density at radius 3 is 2.83 bits per heavy atom. The van der Waals surface area contributed by atoms with Gasteiger partial charge in [-0.2, -0.15) is 0 Å². The van der Waals surface area contributed by atoms with Gasteiger partial charge >= 0.3 is 0 Å². The molecule has 0 aliphatic rings. The first kappa shape index (κ1) is 12.6. The van der Waals surface area contributed by atoms with Crippen LogP contribution in [0.25, 0.3) is 11.5 Å². The summed E-state index contributed by atoms with van der Waals surface area (Å²) >= 11 is 0. The van der Waals surface area contributed by atoms with Crippen molar-refractivity contribution >= 4 is 5.69 Å². The highest BCUT2D eigenvalue weighted by Crippen LogP contribution is 2.22. The Labute approximate surface area is 107 Å². The molecule has 2 atom stereocenters. The van der Waals surface area contributed by atoms with E-state index in [2.05, 4.69) is 42.4 Å². The molecule has 0 fully saturated rings. The van der Waals surface area contributed by atoms with Gasteiger partial charge in [0.25, 0.3) is 0 Å². The predicted molar refractivity (Wildman–Crippen MR) is 72.3 cm³/mol. The van der Waals surface area contributed by atoms with Gasteiger partial charge in [-0.3, -0.25) is 0 Å². The lowest BCUT2D eigenvalue weighted by molar-refractivity contribution is 0.494. The van der Waals surface area contributed by atoms with Gasteiger partial charge in [0.05, 0.1) is 0 Å². The van der Waals surface area contributed by atoms with Crippen LogP contribution in [0.15, 0.2) is 35.1 Å².